The second kappa shape index (κ2) is 7.48. The van der Waals surface area contributed by atoms with Crippen LogP contribution in [0, 0.1) is 17.8 Å². The maximum Gasteiger partial charge on any atom is 0.223 e. The molecule has 0 bridgehead atoms. The van der Waals surface area contributed by atoms with Gasteiger partial charge in [0, 0.05) is 18.9 Å². The van der Waals surface area contributed by atoms with Gasteiger partial charge < -0.3 is 15.7 Å². The van der Waals surface area contributed by atoms with E-state index >= 15 is 0 Å². The van der Waals surface area contributed by atoms with E-state index in [1.54, 1.807) is 0 Å². The van der Waals surface area contributed by atoms with Crippen LogP contribution < -0.4 is 10.6 Å². The summed E-state index contributed by atoms with van der Waals surface area (Å²) in [6.45, 7) is 6.47. The Morgan fingerprint density at radius 1 is 1.37 bits per heavy atom. The largest absolute Gasteiger partial charge is 0.394 e. The zero-order valence-electron chi connectivity index (χ0n) is 12.1. The Hall–Kier alpha value is -1.10. The molecule has 5 nitrogen and oxygen atoms in total. The Morgan fingerprint density at radius 2 is 2.00 bits per heavy atom. The monoisotopic (exact) mass is 270 g/mol. The number of carbonyl (C=O) groups excluding carboxylic acids is 2. The Kier molecular flexibility index (Phi) is 6.28. The van der Waals surface area contributed by atoms with Crippen LogP contribution in [0.15, 0.2) is 0 Å². The van der Waals surface area contributed by atoms with Gasteiger partial charge in [-0.2, -0.15) is 0 Å². The SMILES string of the molecule is CC(C)CC(CO)NC(=O)CCNC(=O)C1CC1C. The van der Waals surface area contributed by atoms with E-state index in [9.17, 15) is 9.59 Å². The quantitative estimate of drug-likeness (QED) is 0.606. The lowest BCUT2D eigenvalue weighted by atomic mass is 10.0. The van der Waals surface area contributed by atoms with Crippen molar-refractivity contribution in [1.82, 2.24) is 10.6 Å². The standard InChI is InChI=1S/C14H26N2O3/c1-9(2)6-11(8-17)16-13(18)4-5-15-14(19)12-7-10(12)3/h9-12,17H,4-8H2,1-3H3,(H,15,19)(H,16,18). The molecule has 0 saturated heterocycles. The molecule has 0 aromatic heterocycles. The van der Waals surface area contributed by atoms with Crippen LogP contribution in [0.4, 0.5) is 0 Å². The van der Waals surface area contributed by atoms with E-state index in [4.69, 9.17) is 5.11 Å². The fraction of sp³-hybridized carbons (Fsp3) is 0.857. The second-order valence-electron chi connectivity index (χ2n) is 5.94. The maximum absolute atomic E-state index is 11.7. The van der Waals surface area contributed by atoms with Gasteiger partial charge in [-0.05, 0) is 24.7 Å². The van der Waals surface area contributed by atoms with Crippen molar-refractivity contribution in [2.75, 3.05) is 13.2 Å². The number of aliphatic hydroxyl groups excluding tert-OH is 1. The number of hydrogen-bond acceptors (Lipinski definition) is 3. The third-order valence-corrected chi connectivity index (χ3v) is 3.44. The van der Waals surface area contributed by atoms with Gasteiger partial charge in [0.15, 0.2) is 0 Å². The molecule has 0 radical (unpaired) electrons. The van der Waals surface area contributed by atoms with Gasteiger partial charge in [0.2, 0.25) is 11.8 Å². The van der Waals surface area contributed by atoms with Crippen LogP contribution in [-0.4, -0.2) is 36.1 Å². The molecule has 19 heavy (non-hydrogen) atoms. The van der Waals surface area contributed by atoms with Crippen molar-refractivity contribution < 1.29 is 14.7 Å². The van der Waals surface area contributed by atoms with Crippen molar-refractivity contribution in [2.24, 2.45) is 17.8 Å². The van der Waals surface area contributed by atoms with E-state index in [1.165, 1.54) is 0 Å². The smallest absolute Gasteiger partial charge is 0.223 e. The highest BCUT2D eigenvalue weighted by Crippen LogP contribution is 2.37. The first-order valence-corrected chi connectivity index (χ1v) is 7.12. The van der Waals surface area contributed by atoms with Crippen LogP contribution in [-0.2, 0) is 9.59 Å². The van der Waals surface area contributed by atoms with Crippen LogP contribution in [0.5, 0.6) is 0 Å². The van der Waals surface area contributed by atoms with Gasteiger partial charge in [-0.25, -0.2) is 0 Å². The van der Waals surface area contributed by atoms with Crippen LogP contribution >= 0.6 is 0 Å². The summed E-state index contributed by atoms with van der Waals surface area (Å²) in [4.78, 5) is 23.2. The molecule has 110 valence electrons. The number of nitrogens with one attached hydrogen (secondary N) is 2. The summed E-state index contributed by atoms with van der Waals surface area (Å²) in [5.74, 6) is 0.992. The van der Waals surface area contributed by atoms with Gasteiger partial charge >= 0.3 is 0 Å². The molecule has 3 N–H and O–H groups in total. The molecule has 3 unspecified atom stereocenters. The lowest BCUT2D eigenvalue weighted by molar-refractivity contribution is -0.123. The van der Waals surface area contributed by atoms with Crippen molar-refractivity contribution in [3.8, 4) is 0 Å². The predicted octanol–water partition coefficient (Wildman–Crippen LogP) is 0.672. The molecule has 1 saturated carbocycles. The third kappa shape index (κ3) is 6.05. The minimum atomic E-state index is -0.188. The molecule has 0 aromatic rings. The number of carbonyl (C=O) groups is 2. The molecule has 1 aliphatic rings. The fourth-order valence-electron chi connectivity index (χ4n) is 2.17. The fourth-order valence-corrected chi connectivity index (χ4v) is 2.17. The lowest BCUT2D eigenvalue weighted by Crippen LogP contribution is -2.40. The zero-order chi connectivity index (χ0) is 14.4. The highest BCUT2D eigenvalue weighted by molar-refractivity contribution is 5.82. The van der Waals surface area contributed by atoms with E-state index < -0.39 is 0 Å². The van der Waals surface area contributed by atoms with Crippen molar-refractivity contribution in [3.05, 3.63) is 0 Å². The summed E-state index contributed by atoms with van der Waals surface area (Å²) in [6, 6.07) is -0.188. The maximum atomic E-state index is 11.7. The number of aliphatic hydroxyl groups is 1. The lowest BCUT2D eigenvalue weighted by Gasteiger charge is -2.18. The summed E-state index contributed by atoms with van der Waals surface area (Å²) in [5.41, 5.74) is 0. The van der Waals surface area contributed by atoms with Crippen LogP contribution in [0.1, 0.15) is 40.0 Å². The summed E-state index contributed by atoms with van der Waals surface area (Å²) < 4.78 is 0. The molecule has 2 amide bonds. The van der Waals surface area contributed by atoms with E-state index in [0.29, 0.717) is 18.4 Å². The first-order valence-electron chi connectivity index (χ1n) is 7.12. The molecular weight excluding hydrogens is 244 g/mol. The van der Waals surface area contributed by atoms with Crippen LogP contribution in [0.25, 0.3) is 0 Å². The average Bonchev–Trinajstić information content (AvgIpc) is 3.04. The molecule has 3 atom stereocenters. The molecule has 0 heterocycles. The molecule has 1 rings (SSSR count). The zero-order valence-corrected chi connectivity index (χ0v) is 12.1. The number of rotatable bonds is 8. The van der Waals surface area contributed by atoms with Crippen molar-refractivity contribution >= 4 is 11.8 Å². The topological polar surface area (TPSA) is 78.4 Å². The number of amides is 2. The Morgan fingerprint density at radius 3 is 2.47 bits per heavy atom. The van der Waals surface area contributed by atoms with E-state index in [0.717, 1.165) is 12.8 Å². The normalized spacial score (nSPS) is 23.0. The van der Waals surface area contributed by atoms with Gasteiger partial charge in [-0.3, -0.25) is 9.59 Å². The van der Waals surface area contributed by atoms with Crippen molar-refractivity contribution in [2.45, 2.75) is 46.1 Å². The molecule has 5 heteroatoms. The highest BCUT2D eigenvalue weighted by Gasteiger charge is 2.38. The summed E-state index contributed by atoms with van der Waals surface area (Å²) in [5, 5.41) is 14.7. The molecular formula is C14H26N2O3. The van der Waals surface area contributed by atoms with Crippen LogP contribution in [0.2, 0.25) is 0 Å². The first-order chi connectivity index (χ1) is 8.93. The molecule has 1 aliphatic carbocycles. The van der Waals surface area contributed by atoms with Crippen molar-refractivity contribution in [3.63, 3.8) is 0 Å². The van der Waals surface area contributed by atoms with E-state index in [-0.39, 0.29) is 36.8 Å². The summed E-state index contributed by atoms with van der Waals surface area (Å²) in [7, 11) is 0. The van der Waals surface area contributed by atoms with Gasteiger partial charge in [0.1, 0.15) is 0 Å². The van der Waals surface area contributed by atoms with Gasteiger partial charge in [0.05, 0.1) is 12.6 Å². The minimum absolute atomic E-state index is 0.0458. The molecule has 0 spiro atoms. The average molecular weight is 270 g/mol. The predicted molar refractivity (Wildman–Crippen MR) is 73.4 cm³/mol. The minimum Gasteiger partial charge on any atom is -0.394 e. The second-order valence-corrected chi connectivity index (χ2v) is 5.94. The molecule has 1 fully saturated rings. The number of hydrogen-bond donors (Lipinski definition) is 3. The third-order valence-electron chi connectivity index (χ3n) is 3.44. The summed E-state index contributed by atoms with van der Waals surface area (Å²) >= 11 is 0. The van der Waals surface area contributed by atoms with Gasteiger partial charge in [0.25, 0.3) is 0 Å². The van der Waals surface area contributed by atoms with Crippen LogP contribution in [0.3, 0.4) is 0 Å². The molecule has 0 aromatic carbocycles. The Bertz CT molecular complexity index is 318. The summed E-state index contributed by atoms with van der Waals surface area (Å²) in [6.07, 6.45) is 1.98. The first kappa shape index (κ1) is 16.0. The van der Waals surface area contributed by atoms with Gasteiger partial charge in [-0.15, -0.1) is 0 Å². The van der Waals surface area contributed by atoms with E-state index in [2.05, 4.69) is 17.6 Å². The van der Waals surface area contributed by atoms with Gasteiger partial charge in [-0.1, -0.05) is 20.8 Å². The Labute approximate surface area is 115 Å². The van der Waals surface area contributed by atoms with E-state index in [1.807, 2.05) is 13.8 Å². The van der Waals surface area contributed by atoms with Crippen molar-refractivity contribution in [1.29, 1.82) is 0 Å². The highest BCUT2D eigenvalue weighted by atomic mass is 16.3. The molecule has 0 aliphatic heterocycles. The Balaban J connectivity index is 2.14.